The molecule has 0 radical (unpaired) electrons. The minimum absolute atomic E-state index is 0.134. The fourth-order valence-electron chi connectivity index (χ4n) is 2.88. The lowest BCUT2D eigenvalue weighted by Gasteiger charge is -2.22. The highest BCUT2D eigenvalue weighted by molar-refractivity contribution is 6.32. The van der Waals surface area contributed by atoms with Crippen molar-refractivity contribution >= 4 is 11.6 Å². The molecule has 5 heteroatoms. The Hall–Kier alpha value is -1.00. The Bertz CT molecular complexity index is 499. The van der Waals surface area contributed by atoms with Crippen LogP contribution in [0.5, 0.6) is 11.5 Å². The lowest BCUT2D eigenvalue weighted by Crippen LogP contribution is -2.24. The Balaban J connectivity index is 1.77. The molecule has 0 spiro atoms. The van der Waals surface area contributed by atoms with E-state index in [1.807, 2.05) is 0 Å². The summed E-state index contributed by atoms with van der Waals surface area (Å²) < 4.78 is 25.2. The Labute approximate surface area is 123 Å². The first-order valence-electron chi connectivity index (χ1n) is 7.05. The smallest absolute Gasteiger partial charge is 0.208 e. The summed E-state index contributed by atoms with van der Waals surface area (Å²) in [6.07, 6.45) is 4.07. The number of nitrogens with one attached hydrogen (secondary N) is 1. The summed E-state index contributed by atoms with van der Waals surface area (Å²) >= 11 is 6.08. The van der Waals surface area contributed by atoms with Crippen LogP contribution in [0, 0.1) is 11.7 Å². The highest BCUT2D eigenvalue weighted by Gasteiger charge is 2.48. The molecule has 3 nitrogen and oxygen atoms in total. The van der Waals surface area contributed by atoms with Gasteiger partial charge in [0.1, 0.15) is 5.60 Å². The van der Waals surface area contributed by atoms with Gasteiger partial charge in [0.15, 0.2) is 11.5 Å². The molecule has 2 aliphatic rings. The number of methoxy groups -OCH3 is 1. The predicted molar refractivity (Wildman–Crippen MR) is 76.1 cm³/mol. The molecular formula is C15H19ClFNO2. The molecule has 1 aliphatic carbocycles. The zero-order valence-corrected chi connectivity index (χ0v) is 12.3. The van der Waals surface area contributed by atoms with E-state index >= 15 is 0 Å². The second kappa shape index (κ2) is 5.41. The summed E-state index contributed by atoms with van der Waals surface area (Å²) in [5.41, 5.74) is -0.229. The fourth-order valence-corrected chi connectivity index (χ4v) is 3.07. The summed E-state index contributed by atoms with van der Waals surface area (Å²) in [4.78, 5) is 0. The van der Waals surface area contributed by atoms with Gasteiger partial charge in [0.05, 0.1) is 12.1 Å². The molecule has 1 N–H and O–H groups in total. The van der Waals surface area contributed by atoms with Crippen molar-refractivity contribution in [1.82, 2.24) is 5.32 Å². The van der Waals surface area contributed by atoms with Crippen molar-refractivity contribution in [3.8, 4) is 11.5 Å². The largest absolute Gasteiger partial charge is 0.494 e. The van der Waals surface area contributed by atoms with Crippen LogP contribution in [0.1, 0.15) is 25.7 Å². The quantitative estimate of drug-likeness (QED) is 0.904. The topological polar surface area (TPSA) is 30.5 Å². The second-order valence-corrected chi connectivity index (χ2v) is 6.15. The number of rotatable bonds is 5. The van der Waals surface area contributed by atoms with Gasteiger partial charge in [0, 0.05) is 0 Å². The van der Waals surface area contributed by atoms with Gasteiger partial charge in [-0.3, -0.25) is 0 Å². The van der Waals surface area contributed by atoms with Crippen LogP contribution in [-0.2, 0) is 0 Å². The van der Waals surface area contributed by atoms with Crippen LogP contribution >= 0.6 is 11.6 Å². The summed E-state index contributed by atoms with van der Waals surface area (Å²) in [6.45, 7) is 2.09. The summed E-state index contributed by atoms with van der Waals surface area (Å²) in [5, 5.41) is 3.66. The molecule has 110 valence electrons. The zero-order chi connectivity index (χ0) is 14.2. The minimum atomic E-state index is -0.504. The second-order valence-electron chi connectivity index (χ2n) is 5.74. The van der Waals surface area contributed by atoms with Crippen LogP contribution in [0.2, 0.25) is 5.02 Å². The van der Waals surface area contributed by atoms with Crippen LogP contribution in [-0.4, -0.2) is 25.8 Å². The van der Waals surface area contributed by atoms with Crippen LogP contribution < -0.4 is 14.8 Å². The van der Waals surface area contributed by atoms with Crippen LogP contribution in [0.25, 0.3) is 0 Å². The van der Waals surface area contributed by atoms with Crippen molar-refractivity contribution in [2.45, 2.75) is 31.3 Å². The molecule has 1 saturated carbocycles. The van der Waals surface area contributed by atoms with E-state index in [4.69, 9.17) is 21.1 Å². The van der Waals surface area contributed by atoms with E-state index in [9.17, 15) is 4.39 Å². The van der Waals surface area contributed by atoms with E-state index in [2.05, 4.69) is 5.32 Å². The van der Waals surface area contributed by atoms with Gasteiger partial charge in [0.2, 0.25) is 5.82 Å². The SMILES string of the molecule is COc1ccc(Cl)c(OC2(CC3CCNC3)CC2)c1F. The first-order chi connectivity index (χ1) is 9.63. The van der Waals surface area contributed by atoms with Gasteiger partial charge < -0.3 is 14.8 Å². The fraction of sp³-hybridized carbons (Fsp3) is 0.600. The summed E-state index contributed by atoms with van der Waals surface area (Å²) in [6, 6.07) is 3.14. The third-order valence-corrected chi connectivity index (χ3v) is 4.48. The van der Waals surface area contributed by atoms with Crippen molar-refractivity contribution in [3.63, 3.8) is 0 Å². The van der Waals surface area contributed by atoms with Gasteiger partial charge in [-0.25, -0.2) is 0 Å². The molecule has 0 aromatic heterocycles. The Morgan fingerprint density at radius 2 is 2.25 bits per heavy atom. The maximum Gasteiger partial charge on any atom is 0.208 e. The standard InChI is InChI=1S/C15H19ClFNO2/c1-19-12-3-2-11(16)14(13(12)17)20-15(5-6-15)8-10-4-7-18-9-10/h2-3,10,18H,4-9H2,1H3. The van der Waals surface area contributed by atoms with E-state index in [0.29, 0.717) is 10.9 Å². The number of hydrogen-bond donors (Lipinski definition) is 1. The van der Waals surface area contributed by atoms with Crippen molar-refractivity contribution in [3.05, 3.63) is 23.0 Å². The molecule has 1 aromatic carbocycles. The molecule has 0 bridgehead atoms. The number of benzene rings is 1. The third kappa shape index (κ3) is 2.72. The monoisotopic (exact) mass is 299 g/mol. The van der Waals surface area contributed by atoms with Gasteiger partial charge in [-0.05, 0) is 56.8 Å². The van der Waals surface area contributed by atoms with Gasteiger partial charge in [-0.2, -0.15) is 4.39 Å². The molecule has 1 atom stereocenters. The maximum atomic E-state index is 14.3. The lowest BCUT2D eigenvalue weighted by molar-refractivity contribution is 0.140. The van der Waals surface area contributed by atoms with E-state index < -0.39 is 5.82 Å². The first-order valence-corrected chi connectivity index (χ1v) is 7.43. The summed E-state index contributed by atoms with van der Waals surface area (Å²) in [5.74, 6) is 0.415. The lowest BCUT2D eigenvalue weighted by atomic mass is 9.99. The molecule has 20 heavy (non-hydrogen) atoms. The van der Waals surface area contributed by atoms with Crippen molar-refractivity contribution in [2.75, 3.05) is 20.2 Å². The molecule has 1 aromatic rings. The molecule has 1 unspecified atom stereocenters. The van der Waals surface area contributed by atoms with E-state index in [0.717, 1.165) is 32.4 Å². The highest BCUT2D eigenvalue weighted by Crippen LogP contribution is 2.48. The van der Waals surface area contributed by atoms with Crippen molar-refractivity contribution < 1.29 is 13.9 Å². The number of ether oxygens (including phenoxy) is 2. The Morgan fingerprint density at radius 3 is 2.85 bits per heavy atom. The van der Waals surface area contributed by atoms with Crippen LogP contribution in [0.3, 0.4) is 0 Å². The number of hydrogen-bond acceptors (Lipinski definition) is 3. The molecule has 3 rings (SSSR count). The predicted octanol–water partition coefficient (Wildman–Crippen LogP) is 3.40. The molecule has 1 saturated heterocycles. The van der Waals surface area contributed by atoms with Crippen LogP contribution in [0.4, 0.5) is 4.39 Å². The van der Waals surface area contributed by atoms with Crippen molar-refractivity contribution in [2.24, 2.45) is 5.92 Å². The normalized spacial score (nSPS) is 23.6. The van der Waals surface area contributed by atoms with Gasteiger partial charge in [-0.15, -0.1) is 0 Å². The third-order valence-electron chi connectivity index (χ3n) is 4.18. The van der Waals surface area contributed by atoms with Gasteiger partial charge in [-0.1, -0.05) is 11.6 Å². The average molecular weight is 300 g/mol. The van der Waals surface area contributed by atoms with E-state index in [1.54, 1.807) is 6.07 Å². The zero-order valence-electron chi connectivity index (χ0n) is 11.5. The molecule has 1 aliphatic heterocycles. The Kier molecular flexibility index (Phi) is 3.78. The first kappa shape index (κ1) is 14.0. The van der Waals surface area contributed by atoms with Crippen molar-refractivity contribution in [1.29, 1.82) is 0 Å². The summed E-state index contributed by atoms with van der Waals surface area (Å²) in [7, 11) is 1.44. The highest BCUT2D eigenvalue weighted by atomic mass is 35.5. The van der Waals surface area contributed by atoms with E-state index in [1.165, 1.54) is 19.6 Å². The maximum absolute atomic E-state index is 14.3. The minimum Gasteiger partial charge on any atom is -0.494 e. The van der Waals surface area contributed by atoms with Crippen LogP contribution in [0.15, 0.2) is 12.1 Å². The number of halogens is 2. The average Bonchev–Trinajstić information content (AvgIpc) is 2.98. The molecule has 1 heterocycles. The van der Waals surface area contributed by atoms with Gasteiger partial charge >= 0.3 is 0 Å². The molecule has 0 amide bonds. The Morgan fingerprint density at radius 1 is 1.45 bits per heavy atom. The molecule has 2 fully saturated rings. The molecular weight excluding hydrogens is 281 g/mol. The van der Waals surface area contributed by atoms with E-state index in [-0.39, 0.29) is 17.1 Å². The van der Waals surface area contributed by atoms with Gasteiger partial charge in [0.25, 0.3) is 0 Å².